The van der Waals surface area contributed by atoms with Crippen molar-refractivity contribution in [2.75, 3.05) is 0 Å². The number of benzene rings is 9. The minimum Gasteiger partial charge on any atom is -0.0616 e. The van der Waals surface area contributed by atoms with Gasteiger partial charge in [0.2, 0.25) is 0 Å². The molecule has 47 heavy (non-hydrogen) atoms. The van der Waals surface area contributed by atoms with Gasteiger partial charge in [-0.05, 0) is 111 Å². The molecule has 0 bridgehead atoms. The fourth-order valence-electron chi connectivity index (χ4n) is 8.68. The zero-order valence-corrected chi connectivity index (χ0v) is 26.5. The van der Waals surface area contributed by atoms with Crippen LogP contribution in [0.25, 0.3) is 87.2 Å². The van der Waals surface area contributed by atoms with Gasteiger partial charge in [0.15, 0.2) is 0 Å². The molecule has 9 aromatic carbocycles. The van der Waals surface area contributed by atoms with Gasteiger partial charge in [-0.1, -0.05) is 159 Å². The highest BCUT2D eigenvalue weighted by atomic mass is 14.4. The highest BCUT2D eigenvalue weighted by Gasteiger charge is 2.40. The van der Waals surface area contributed by atoms with E-state index in [1.165, 1.54) is 98.4 Å². The Balaban J connectivity index is 1.21. The highest BCUT2D eigenvalue weighted by Crippen LogP contribution is 2.57. The molecular weight excluding hydrogens is 565 g/mol. The van der Waals surface area contributed by atoms with Crippen LogP contribution in [0.4, 0.5) is 0 Å². The number of rotatable bonds is 2. The number of hydrogen-bond acceptors (Lipinski definition) is 0. The van der Waals surface area contributed by atoms with Crippen LogP contribution in [0.1, 0.15) is 25.0 Å². The molecule has 0 unspecified atom stereocenters. The van der Waals surface area contributed by atoms with Crippen molar-refractivity contribution in [1.29, 1.82) is 0 Å². The fourth-order valence-corrected chi connectivity index (χ4v) is 8.68. The Morgan fingerprint density at radius 3 is 1.36 bits per heavy atom. The maximum Gasteiger partial charge on any atom is 0.0165 e. The van der Waals surface area contributed by atoms with Crippen LogP contribution in [0.2, 0.25) is 0 Å². The Bertz CT molecular complexity index is 2740. The summed E-state index contributed by atoms with van der Waals surface area (Å²) in [5.41, 5.74) is 10.6. The monoisotopic (exact) mass is 596 g/mol. The average molecular weight is 597 g/mol. The summed E-state index contributed by atoms with van der Waals surface area (Å²) in [6.45, 7) is 4.84. The molecule has 0 nitrogen and oxygen atoms in total. The Morgan fingerprint density at radius 1 is 0.340 bits per heavy atom. The van der Waals surface area contributed by atoms with Crippen LogP contribution in [0, 0.1) is 0 Å². The van der Waals surface area contributed by atoms with Gasteiger partial charge in [-0.15, -0.1) is 0 Å². The van der Waals surface area contributed by atoms with E-state index in [9.17, 15) is 0 Å². The molecule has 0 saturated carbocycles. The molecule has 0 saturated heterocycles. The first-order valence-electron chi connectivity index (χ1n) is 16.6. The average Bonchev–Trinajstić information content (AvgIpc) is 3.38. The highest BCUT2D eigenvalue weighted by molar-refractivity contribution is 6.22. The SMILES string of the molecule is CC1(C)c2cc(-c3ccc(-c4cc5ccccc5c5ccccc45)cc3)c3ccccc3c2-c2c1c1ccccc1c1ccccc21. The molecule has 1 aliphatic rings. The summed E-state index contributed by atoms with van der Waals surface area (Å²) in [7, 11) is 0. The largest absolute Gasteiger partial charge is 0.0616 e. The van der Waals surface area contributed by atoms with Gasteiger partial charge in [0.25, 0.3) is 0 Å². The summed E-state index contributed by atoms with van der Waals surface area (Å²) in [5, 5.41) is 13.2. The van der Waals surface area contributed by atoms with Crippen LogP contribution in [0.15, 0.2) is 158 Å². The van der Waals surface area contributed by atoms with E-state index in [2.05, 4.69) is 172 Å². The van der Waals surface area contributed by atoms with Gasteiger partial charge in [-0.3, -0.25) is 0 Å². The molecule has 0 aliphatic heterocycles. The lowest BCUT2D eigenvalue weighted by atomic mass is 9.78. The van der Waals surface area contributed by atoms with Crippen LogP contribution in [0.5, 0.6) is 0 Å². The van der Waals surface area contributed by atoms with Crippen molar-refractivity contribution in [3.05, 3.63) is 169 Å². The molecule has 0 aromatic heterocycles. The molecule has 1 aliphatic carbocycles. The standard InChI is InChI=1S/C47H32/c1-47(2)43-28-42(30-25-23-29(24-26-30)41-27-31-13-3-4-14-32(31)33-15-5-6-18-36(33)41)37-19-8-10-20-38(37)44(43)45-39-21-11-7-16-34(39)35-17-9-12-22-40(35)46(45)47/h3-28H,1-2H3. The molecule has 10 rings (SSSR count). The zero-order chi connectivity index (χ0) is 31.3. The normalized spacial score (nSPS) is 13.5. The van der Waals surface area contributed by atoms with E-state index < -0.39 is 0 Å². The van der Waals surface area contributed by atoms with Crippen LogP contribution < -0.4 is 0 Å². The smallest absolute Gasteiger partial charge is 0.0165 e. The van der Waals surface area contributed by atoms with Gasteiger partial charge < -0.3 is 0 Å². The van der Waals surface area contributed by atoms with E-state index in [0.29, 0.717) is 0 Å². The lowest BCUT2D eigenvalue weighted by Gasteiger charge is -2.25. The fraction of sp³-hybridized carbons (Fsp3) is 0.0638. The van der Waals surface area contributed by atoms with Crippen molar-refractivity contribution in [1.82, 2.24) is 0 Å². The van der Waals surface area contributed by atoms with Crippen molar-refractivity contribution in [3.63, 3.8) is 0 Å². The third-order valence-electron chi connectivity index (χ3n) is 10.8. The van der Waals surface area contributed by atoms with Crippen LogP contribution in [-0.2, 0) is 5.41 Å². The van der Waals surface area contributed by atoms with E-state index in [0.717, 1.165) is 0 Å². The molecule has 0 radical (unpaired) electrons. The zero-order valence-electron chi connectivity index (χ0n) is 26.5. The van der Waals surface area contributed by atoms with E-state index in [1.54, 1.807) is 0 Å². The molecular formula is C47H32. The first kappa shape index (κ1) is 26.5. The summed E-state index contributed by atoms with van der Waals surface area (Å²) >= 11 is 0. The second-order valence-electron chi connectivity index (χ2n) is 13.6. The summed E-state index contributed by atoms with van der Waals surface area (Å²) in [5.74, 6) is 0. The van der Waals surface area contributed by atoms with Gasteiger partial charge in [0.1, 0.15) is 0 Å². The van der Waals surface area contributed by atoms with E-state index in [4.69, 9.17) is 0 Å². The maximum absolute atomic E-state index is 2.50. The lowest BCUT2D eigenvalue weighted by Crippen LogP contribution is -2.16. The maximum atomic E-state index is 2.50. The van der Waals surface area contributed by atoms with E-state index in [-0.39, 0.29) is 5.41 Å². The molecule has 0 atom stereocenters. The van der Waals surface area contributed by atoms with Gasteiger partial charge >= 0.3 is 0 Å². The summed E-state index contributed by atoms with van der Waals surface area (Å²) < 4.78 is 0. The van der Waals surface area contributed by atoms with Crippen LogP contribution >= 0.6 is 0 Å². The Morgan fingerprint density at radius 2 is 0.745 bits per heavy atom. The van der Waals surface area contributed by atoms with E-state index in [1.807, 2.05) is 0 Å². The number of fused-ring (bicyclic) bond motifs is 13. The second-order valence-corrected chi connectivity index (χ2v) is 13.6. The molecule has 0 fully saturated rings. The Labute approximate surface area is 274 Å². The first-order chi connectivity index (χ1) is 23.1. The molecule has 9 aromatic rings. The quantitative estimate of drug-likeness (QED) is 0.174. The minimum absolute atomic E-state index is 0.156. The molecule has 0 heterocycles. The molecule has 220 valence electrons. The summed E-state index contributed by atoms with van der Waals surface area (Å²) in [6, 6.07) is 58.7. The Hall–Kier alpha value is -5.72. The van der Waals surface area contributed by atoms with Gasteiger partial charge in [0.05, 0.1) is 0 Å². The van der Waals surface area contributed by atoms with Crippen molar-refractivity contribution < 1.29 is 0 Å². The van der Waals surface area contributed by atoms with Crippen molar-refractivity contribution in [2.24, 2.45) is 0 Å². The van der Waals surface area contributed by atoms with Crippen LogP contribution in [-0.4, -0.2) is 0 Å². The van der Waals surface area contributed by atoms with Crippen molar-refractivity contribution in [2.45, 2.75) is 19.3 Å². The molecule has 0 spiro atoms. The van der Waals surface area contributed by atoms with Crippen molar-refractivity contribution >= 4 is 53.9 Å². The topological polar surface area (TPSA) is 0 Å². The number of hydrogen-bond donors (Lipinski definition) is 0. The Kier molecular flexibility index (Phi) is 5.44. The predicted molar refractivity (Wildman–Crippen MR) is 202 cm³/mol. The van der Waals surface area contributed by atoms with Crippen molar-refractivity contribution in [3.8, 4) is 33.4 Å². The molecule has 0 amide bonds. The predicted octanol–water partition coefficient (Wildman–Crippen LogP) is 13.1. The summed E-state index contributed by atoms with van der Waals surface area (Å²) in [4.78, 5) is 0. The third-order valence-corrected chi connectivity index (χ3v) is 10.8. The third kappa shape index (κ3) is 3.64. The van der Waals surface area contributed by atoms with Gasteiger partial charge in [0, 0.05) is 5.41 Å². The van der Waals surface area contributed by atoms with Gasteiger partial charge in [-0.2, -0.15) is 0 Å². The lowest BCUT2D eigenvalue weighted by molar-refractivity contribution is 0.667. The molecule has 0 heteroatoms. The van der Waals surface area contributed by atoms with Crippen LogP contribution in [0.3, 0.4) is 0 Å². The first-order valence-corrected chi connectivity index (χ1v) is 16.6. The minimum atomic E-state index is -0.156. The second kappa shape index (κ2) is 9.64. The van der Waals surface area contributed by atoms with E-state index >= 15 is 0 Å². The summed E-state index contributed by atoms with van der Waals surface area (Å²) in [6.07, 6.45) is 0. The van der Waals surface area contributed by atoms with Gasteiger partial charge in [-0.25, -0.2) is 0 Å². The molecule has 0 N–H and O–H groups in total.